The van der Waals surface area contributed by atoms with Gasteiger partial charge in [-0.25, -0.2) is 0 Å². The standard InChI is InChI=1S/C22H21N3O9/c1-32-18-7-6-14(9-19(18)33-2)21(28)23-24-11-15(10-20(24)27)22(29)34-12-17(26)13-4-3-5-16(8-13)25(30)31/h3-9,15H,10-12H2,1-2H3,(H,23,28)/t15-/m1/s1. The summed E-state index contributed by atoms with van der Waals surface area (Å²) in [4.78, 5) is 59.6. The Labute approximate surface area is 193 Å². The number of nitro benzene ring substituents is 1. The monoisotopic (exact) mass is 471 g/mol. The van der Waals surface area contributed by atoms with Gasteiger partial charge in [0.2, 0.25) is 11.7 Å². The first-order chi connectivity index (χ1) is 16.2. The van der Waals surface area contributed by atoms with Gasteiger partial charge in [-0.15, -0.1) is 0 Å². The molecule has 0 spiro atoms. The van der Waals surface area contributed by atoms with Crippen molar-refractivity contribution >= 4 is 29.3 Å². The van der Waals surface area contributed by atoms with Gasteiger partial charge >= 0.3 is 5.97 Å². The Morgan fingerprint density at radius 3 is 2.50 bits per heavy atom. The molecule has 0 unspecified atom stereocenters. The average Bonchev–Trinajstić information content (AvgIpc) is 3.21. The first-order valence-corrected chi connectivity index (χ1v) is 10.0. The molecule has 1 aliphatic rings. The normalized spacial score (nSPS) is 14.9. The summed E-state index contributed by atoms with van der Waals surface area (Å²) in [7, 11) is 2.88. The van der Waals surface area contributed by atoms with Gasteiger partial charge in [-0.1, -0.05) is 12.1 Å². The van der Waals surface area contributed by atoms with E-state index >= 15 is 0 Å². The van der Waals surface area contributed by atoms with Crippen molar-refractivity contribution in [2.75, 3.05) is 27.4 Å². The van der Waals surface area contributed by atoms with Crippen molar-refractivity contribution in [3.8, 4) is 11.5 Å². The minimum Gasteiger partial charge on any atom is -0.493 e. The largest absolute Gasteiger partial charge is 0.493 e. The summed E-state index contributed by atoms with van der Waals surface area (Å²) in [6, 6.07) is 9.51. The maximum Gasteiger partial charge on any atom is 0.311 e. The highest BCUT2D eigenvalue weighted by Crippen LogP contribution is 2.27. The number of amides is 2. The molecule has 2 amide bonds. The smallest absolute Gasteiger partial charge is 0.311 e. The summed E-state index contributed by atoms with van der Waals surface area (Å²) in [5, 5.41) is 11.8. The first kappa shape index (κ1) is 24.2. The maximum atomic E-state index is 12.5. The number of esters is 1. The number of Topliss-reactive ketones (excluding diaryl/α,β-unsaturated/α-hetero) is 1. The molecule has 0 saturated carbocycles. The van der Waals surface area contributed by atoms with Crippen molar-refractivity contribution in [2.24, 2.45) is 5.92 Å². The van der Waals surface area contributed by atoms with Crippen LogP contribution in [0.3, 0.4) is 0 Å². The zero-order valence-corrected chi connectivity index (χ0v) is 18.3. The topological polar surface area (TPSA) is 154 Å². The van der Waals surface area contributed by atoms with E-state index in [9.17, 15) is 29.3 Å². The van der Waals surface area contributed by atoms with Crippen LogP contribution in [0.25, 0.3) is 0 Å². The second-order valence-corrected chi connectivity index (χ2v) is 7.25. The molecule has 1 heterocycles. The Morgan fingerprint density at radius 1 is 1.09 bits per heavy atom. The van der Waals surface area contributed by atoms with E-state index in [2.05, 4.69) is 5.43 Å². The fourth-order valence-corrected chi connectivity index (χ4v) is 3.27. The third-order valence-corrected chi connectivity index (χ3v) is 5.07. The van der Waals surface area contributed by atoms with Crippen molar-refractivity contribution in [3.05, 3.63) is 63.7 Å². The Balaban J connectivity index is 1.56. The molecular weight excluding hydrogens is 450 g/mol. The van der Waals surface area contributed by atoms with Crippen molar-refractivity contribution in [3.63, 3.8) is 0 Å². The molecule has 178 valence electrons. The van der Waals surface area contributed by atoms with Crippen LogP contribution in [0.5, 0.6) is 11.5 Å². The first-order valence-electron chi connectivity index (χ1n) is 10.0. The SMILES string of the molecule is COc1ccc(C(=O)NN2C[C@H](C(=O)OCC(=O)c3cccc([N+](=O)[O-])c3)CC2=O)cc1OC. The lowest BCUT2D eigenvalue weighted by molar-refractivity contribution is -0.384. The summed E-state index contributed by atoms with van der Waals surface area (Å²) in [6.45, 7) is -0.773. The molecule has 1 fully saturated rings. The number of carbonyl (C=O) groups is 4. The molecule has 2 aromatic carbocycles. The molecule has 0 aliphatic carbocycles. The number of hydrogen-bond acceptors (Lipinski definition) is 9. The molecule has 0 radical (unpaired) electrons. The number of nitro groups is 1. The van der Waals surface area contributed by atoms with Crippen LogP contribution >= 0.6 is 0 Å². The number of ether oxygens (including phenoxy) is 3. The van der Waals surface area contributed by atoms with E-state index in [1.54, 1.807) is 0 Å². The predicted octanol–water partition coefficient (Wildman–Crippen LogP) is 1.53. The molecule has 1 saturated heterocycles. The second-order valence-electron chi connectivity index (χ2n) is 7.25. The van der Waals surface area contributed by atoms with Crippen LogP contribution in [-0.2, 0) is 14.3 Å². The average molecular weight is 471 g/mol. The summed E-state index contributed by atoms with van der Waals surface area (Å²) in [5.74, 6) is -2.65. The van der Waals surface area contributed by atoms with Gasteiger partial charge in [-0.05, 0) is 18.2 Å². The number of carbonyl (C=O) groups excluding carboxylic acids is 4. The van der Waals surface area contributed by atoms with E-state index in [-0.39, 0.29) is 29.8 Å². The lowest BCUT2D eigenvalue weighted by Crippen LogP contribution is -2.43. The Morgan fingerprint density at radius 2 is 1.82 bits per heavy atom. The quantitative estimate of drug-likeness (QED) is 0.248. The van der Waals surface area contributed by atoms with Crippen molar-refractivity contribution in [2.45, 2.75) is 6.42 Å². The third kappa shape index (κ3) is 5.46. The minimum absolute atomic E-state index is 0.0216. The van der Waals surface area contributed by atoms with Crippen LogP contribution in [-0.4, -0.2) is 60.9 Å². The van der Waals surface area contributed by atoms with Gasteiger partial charge in [0, 0.05) is 29.7 Å². The van der Waals surface area contributed by atoms with Crippen molar-refractivity contribution < 1.29 is 38.3 Å². The molecule has 1 atom stereocenters. The van der Waals surface area contributed by atoms with Gasteiger partial charge in [-0.2, -0.15) is 0 Å². The van der Waals surface area contributed by atoms with Crippen LogP contribution < -0.4 is 14.9 Å². The third-order valence-electron chi connectivity index (χ3n) is 5.07. The van der Waals surface area contributed by atoms with Gasteiger partial charge in [0.05, 0.1) is 31.6 Å². The Hall–Kier alpha value is -4.48. The Bertz CT molecular complexity index is 1150. The van der Waals surface area contributed by atoms with Gasteiger partial charge in [-0.3, -0.25) is 39.7 Å². The molecule has 0 bridgehead atoms. The number of hydrogen-bond donors (Lipinski definition) is 1. The molecule has 1 aliphatic heterocycles. The number of hydrazine groups is 1. The number of benzene rings is 2. The summed E-state index contributed by atoms with van der Waals surface area (Å²) >= 11 is 0. The van der Waals surface area contributed by atoms with E-state index in [0.717, 1.165) is 11.1 Å². The van der Waals surface area contributed by atoms with Crippen LogP contribution in [0.2, 0.25) is 0 Å². The second kappa shape index (κ2) is 10.4. The van der Waals surface area contributed by atoms with Crippen LogP contribution in [0.15, 0.2) is 42.5 Å². The number of nitrogens with one attached hydrogen (secondary N) is 1. The van der Waals surface area contributed by atoms with Gasteiger partial charge < -0.3 is 14.2 Å². The van der Waals surface area contributed by atoms with Gasteiger partial charge in [0.15, 0.2) is 18.1 Å². The molecule has 0 aromatic heterocycles. The van der Waals surface area contributed by atoms with Crippen molar-refractivity contribution in [1.29, 1.82) is 0 Å². The fraction of sp³-hybridized carbons (Fsp3) is 0.273. The van der Waals surface area contributed by atoms with E-state index in [0.29, 0.717) is 11.5 Å². The maximum absolute atomic E-state index is 12.5. The zero-order chi connectivity index (χ0) is 24.8. The molecule has 12 heteroatoms. The van der Waals surface area contributed by atoms with Crippen LogP contribution in [0.1, 0.15) is 27.1 Å². The molecule has 1 N–H and O–H groups in total. The van der Waals surface area contributed by atoms with Crippen LogP contribution in [0.4, 0.5) is 5.69 Å². The lowest BCUT2D eigenvalue weighted by Gasteiger charge is -2.18. The summed E-state index contributed by atoms with van der Waals surface area (Å²) < 4.78 is 15.3. The number of methoxy groups -OCH3 is 2. The molecular formula is C22H21N3O9. The highest BCUT2D eigenvalue weighted by molar-refractivity contribution is 5.99. The molecule has 2 aromatic rings. The number of ketones is 1. The van der Waals surface area contributed by atoms with Crippen LogP contribution in [0, 0.1) is 16.0 Å². The number of non-ortho nitro benzene ring substituents is 1. The highest BCUT2D eigenvalue weighted by atomic mass is 16.6. The van der Waals surface area contributed by atoms with E-state index in [4.69, 9.17) is 14.2 Å². The zero-order valence-electron chi connectivity index (χ0n) is 18.3. The molecule has 34 heavy (non-hydrogen) atoms. The molecule has 12 nitrogen and oxygen atoms in total. The van der Waals surface area contributed by atoms with E-state index in [1.165, 1.54) is 50.6 Å². The highest BCUT2D eigenvalue weighted by Gasteiger charge is 2.37. The Kier molecular flexibility index (Phi) is 7.41. The molecule has 3 rings (SSSR count). The number of rotatable bonds is 9. The predicted molar refractivity (Wildman–Crippen MR) is 115 cm³/mol. The lowest BCUT2D eigenvalue weighted by atomic mass is 10.1. The summed E-state index contributed by atoms with van der Waals surface area (Å²) in [5.41, 5.74) is 2.40. The van der Waals surface area contributed by atoms with E-state index in [1.807, 2.05) is 0 Å². The minimum atomic E-state index is -0.892. The van der Waals surface area contributed by atoms with Crippen molar-refractivity contribution in [1.82, 2.24) is 10.4 Å². The van der Waals surface area contributed by atoms with Gasteiger partial charge in [0.25, 0.3) is 11.6 Å². The van der Waals surface area contributed by atoms with Gasteiger partial charge in [0.1, 0.15) is 0 Å². The van der Waals surface area contributed by atoms with E-state index < -0.39 is 41.0 Å². The fourth-order valence-electron chi connectivity index (χ4n) is 3.27. The summed E-state index contributed by atoms with van der Waals surface area (Å²) in [6.07, 6.45) is -0.212. The number of nitrogens with zero attached hydrogens (tertiary/aromatic N) is 2.